The number of oxazole rings is 1. The highest BCUT2D eigenvalue weighted by Crippen LogP contribution is 2.30. The maximum absolute atomic E-state index is 10.8. The van der Waals surface area contributed by atoms with E-state index in [9.17, 15) is 4.79 Å². The van der Waals surface area contributed by atoms with E-state index in [1.165, 1.54) is 0 Å². The van der Waals surface area contributed by atoms with Gasteiger partial charge in [0, 0.05) is 12.8 Å². The minimum atomic E-state index is -0.494. The zero-order valence-corrected chi connectivity index (χ0v) is 7.19. The number of ether oxygens (including phenoxy) is 1. The molecule has 0 saturated carbocycles. The molecule has 0 spiro atoms. The topological polar surface area (TPSA) is 102 Å². The third-order valence-electron chi connectivity index (χ3n) is 1.94. The van der Waals surface area contributed by atoms with E-state index in [-0.39, 0.29) is 23.4 Å². The summed E-state index contributed by atoms with van der Waals surface area (Å²) in [5.74, 6) is -0.124. The van der Waals surface area contributed by atoms with E-state index < -0.39 is 6.10 Å². The molecule has 1 aromatic heterocycles. The molecule has 1 aromatic rings. The number of nitrogen functional groups attached to an aromatic ring is 1. The Morgan fingerprint density at radius 3 is 2.93 bits per heavy atom. The lowest BCUT2D eigenvalue weighted by Gasteiger charge is -2.01. The minimum Gasteiger partial charge on any atom is -0.452 e. The first-order valence-corrected chi connectivity index (χ1v) is 4.06. The number of hydrogen-bond acceptors (Lipinski definition) is 6. The van der Waals surface area contributed by atoms with Gasteiger partial charge in [-0.25, -0.2) is 0 Å². The van der Waals surface area contributed by atoms with Gasteiger partial charge < -0.3 is 14.9 Å². The van der Waals surface area contributed by atoms with Gasteiger partial charge in [-0.15, -0.1) is 0 Å². The van der Waals surface area contributed by atoms with Gasteiger partial charge in [-0.05, 0) is 0 Å². The summed E-state index contributed by atoms with van der Waals surface area (Å²) in [5.41, 5.74) is 5.39. The predicted molar refractivity (Wildman–Crippen MR) is 43.7 cm³/mol. The molecule has 1 atom stereocenters. The third-order valence-corrected chi connectivity index (χ3v) is 1.94. The van der Waals surface area contributed by atoms with Crippen molar-refractivity contribution in [3.63, 3.8) is 0 Å². The summed E-state index contributed by atoms with van der Waals surface area (Å²) in [6.45, 7) is 0. The smallest absolute Gasteiger partial charge is 0.306 e. The van der Waals surface area contributed by atoms with E-state index in [0.717, 1.165) is 0 Å². The highest BCUT2D eigenvalue weighted by atomic mass is 16.6. The molecule has 2 heterocycles. The van der Waals surface area contributed by atoms with Gasteiger partial charge in [0.25, 0.3) is 0 Å². The molecule has 0 aliphatic carbocycles. The van der Waals surface area contributed by atoms with Crippen LogP contribution in [0, 0.1) is 11.3 Å². The molecule has 6 heteroatoms. The van der Waals surface area contributed by atoms with Crippen molar-refractivity contribution in [2.75, 3.05) is 5.73 Å². The first kappa shape index (κ1) is 8.56. The summed E-state index contributed by atoms with van der Waals surface area (Å²) in [6, 6.07) is 1.78. The Bertz CT molecular complexity index is 418. The van der Waals surface area contributed by atoms with E-state index >= 15 is 0 Å². The Morgan fingerprint density at radius 1 is 1.64 bits per heavy atom. The van der Waals surface area contributed by atoms with Crippen LogP contribution in [-0.2, 0) is 9.53 Å². The van der Waals surface area contributed by atoms with Gasteiger partial charge in [-0.3, -0.25) is 4.79 Å². The van der Waals surface area contributed by atoms with Gasteiger partial charge in [0.15, 0.2) is 6.10 Å². The standard InChI is InChI=1S/C8H7N3O3/c9-3-4-7(10)14-8(11-4)5-1-2-6(12)13-5/h5H,1-2,10H2/t5-/m1/s1. The van der Waals surface area contributed by atoms with E-state index in [1.54, 1.807) is 6.07 Å². The molecule has 0 radical (unpaired) electrons. The second-order valence-electron chi connectivity index (χ2n) is 2.89. The molecule has 2 N–H and O–H groups in total. The molecule has 72 valence electrons. The minimum absolute atomic E-state index is 0.0305. The van der Waals surface area contributed by atoms with Gasteiger partial charge >= 0.3 is 5.97 Å². The van der Waals surface area contributed by atoms with Crippen LogP contribution in [0.5, 0.6) is 0 Å². The van der Waals surface area contributed by atoms with Crippen LogP contribution in [0.3, 0.4) is 0 Å². The lowest BCUT2D eigenvalue weighted by atomic mass is 10.2. The molecular formula is C8H7N3O3. The number of nitriles is 1. The first-order valence-electron chi connectivity index (χ1n) is 4.06. The zero-order chi connectivity index (χ0) is 10.1. The summed E-state index contributed by atoms with van der Waals surface area (Å²) in [5, 5.41) is 8.57. The van der Waals surface area contributed by atoms with Crippen LogP contribution < -0.4 is 5.73 Å². The summed E-state index contributed by atoms with van der Waals surface area (Å²) in [6.07, 6.45) is 0.366. The highest BCUT2D eigenvalue weighted by molar-refractivity contribution is 5.71. The molecule has 6 nitrogen and oxygen atoms in total. The molecule has 0 bridgehead atoms. The maximum Gasteiger partial charge on any atom is 0.306 e. The van der Waals surface area contributed by atoms with Gasteiger partial charge in [0.1, 0.15) is 6.07 Å². The third kappa shape index (κ3) is 1.29. The molecule has 1 aliphatic heterocycles. The number of cyclic esters (lactones) is 1. The van der Waals surface area contributed by atoms with Crippen molar-refractivity contribution in [1.82, 2.24) is 4.98 Å². The van der Waals surface area contributed by atoms with Crippen LogP contribution in [0.2, 0.25) is 0 Å². The van der Waals surface area contributed by atoms with Crippen molar-refractivity contribution in [2.45, 2.75) is 18.9 Å². The lowest BCUT2D eigenvalue weighted by molar-refractivity contribution is -0.142. The van der Waals surface area contributed by atoms with Crippen LogP contribution in [-0.4, -0.2) is 11.0 Å². The van der Waals surface area contributed by atoms with Gasteiger partial charge in [0.2, 0.25) is 17.5 Å². The van der Waals surface area contributed by atoms with Gasteiger partial charge in [0.05, 0.1) is 0 Å². The Balaban J connectivity index is 2.25. The Kier molecular flexibility index (Phi) is 1.85. The molecule has 0 aromatic carbocycles. The van der Waals surface area contributed by atoms with Crippen molar-refractivity contribution in [3.8, 4) is 6.07 Å². The average Bonchev–Trinajstić information content (AvgIpc) is 2.71. The number of rotatable bonds is 1. The van der Waals surface area contributed by atoms with E-state index in [1.807, 2.05) is 0 Å². The summed E-state index contributed by atoms with van der Waals surface area (Å²) in [7, 11) is 0. The van der Waals surface area contributed by atoms with Gasteiger partial charge in [-0.1, -0.05) is 0 Å². The predicted octanol–water partition coefficient (Wildman–Crippen LogP) is 0.507. The van der Waals surface area contributed by atoms with Crippen LogP contribution in [0.25, 0.3) is 0 Å². The second kappa shape index (κ2) is 3.03. The normalized spacial score (nSPS) is 20.5. The van der Waals surface area contributed by atoms with E-state index in [0.29, 0.717) is 12.8 Å². The largest absolute Gasteiger partial charge is 0.452 e. The second-order valence-corrected chi connectivity index (χ2v) is 2.89. The van der Waals surface area contributed by atoms with Crippen LogP contribution in [0.1, 0.15) is 30.5 Å². The number of nitrogens with zero attached hydrogens (tertiary/aromatic N) is 2. The fourth-order valence-corrected chi connectivity index (χ4v) is 1.27. The number of hydrogen-bond donors (Lipinski definition) is 1. The van der Waals surface area contributed by atoms with Crippen molar-refractivity contribution < 1.29 is 13.9 Å². The molecule has 0 unspecified atom stereocenters. The number of aromatic nitrogens is 1. The molecule has 1 fully saturated rings. The van der Waals surface area contributed by atoms with E-state index in [4.69, 9.17) is 20.1 Å². The van der Waals surface area contributed by atoms with Crippen molar-refractivity contribution in [3.05, 3.63) is 11.6 Å². The number of carbonyl (C=O) groups is 1. The Morgan fingerprint density at radius 2 is 2.43 bits per heavy atom. The number of anilines is 1. The molecule has 1 saturated heterocycles. The summed E-state index contributed by atoms with van der Waals surface area (Å²) >= 11 is 0. The van der Waals surface area contributed by atoms with Crippen molar-refractivity contribution in [1.29, 1.82) is 5.26 Å². The van der Waals surface area contributed by atoms with Crippen LogP contribution in [0.4, 0.5) is 5.88 Å². The number of carbonyl (C=O) groups excluding carboxylic acids is 1. The maximum atomic E-state index is 10.8. The lowest BCUT2D eigenvalue weighted by Crippen LogP contribution is -1.98. The average molecular weight is 193 g/mol. The summed E-state index contributed by atoms with van der Waals surface area (Å²) in [4.78, 5) is 14.6. The van der Waals surface area contributed by atoms with Crippen molar-refractivity contribution >= 4 is 11.9 Å². The number of esters is 1. The Labute approximate surface area is 79.3 Å². The number of nitrogens with two attached hydrogens (primary N) is 1. The molecule has 1 aliphatic rings. The fourth-order valence-electron chi connectivity index (χ4n) is 1.27. The SMILES string of the molecule is N#Cc1nc([C@H]2CCC(=O)O2)oc1N. The van der Waals surface area contributed by atoms with Crippen molar-refractivity contribution in [2.24, 2.45) is 0 Å². The highest BCUT2D eigenvalue weighted by Gasteiger charge is 2.29. The monoisotopic (exact) mass is 193 g/mol. The molecular weight excluding hydrogens is 186 g/mol. The first-order chi connectivity index (χ1) is 6.70. The zero-order valence-electron chi connectivity index (χ0n) is 7.19. The van der Waals surface area contributed by atoms with Gasteiger partial charge in [-0.2, -0.15) is 10.2 Å². The molecule has 0 amide bonds. The quantitative estimate of drug-likeness (QED) is 0.651. The van der Waals surface area contributed by atoms with Crippen LogP contribution in [0.15, 0.2) is 4.42 Å². The summed E-state index contributed by atoms with van der Waals surface area (Å²) < 4.78 is 9.90. The van der Waals surface area contributed by atoms with Crippen LogP contribution >= 0.6 is 0 Å². The van der Waals surface area contributed by atoms with E-state index in [2.05, 4.69) is 4.98 Å². The molecule has 14 heavy (non-hydrogen) atoms. The fraction of sp³-hybridized carbons (Fsp3) is 0.375. The Hall–Kier alpha value is -2.03. The molecule has 2 rings (SSSR count).